The summed E-state index contributed by atoms with van der Waals surface area (Å²) in [6.07, 6.45) is 46.2. The van der Waals surface area contributed by atoms with Crippen LogP contribution < -0.4 is 5.32 Å². The highest BCUT2D eigenvalue weighted by Gasteiger charge is 2.44. The predicted octanol–water partition coefficient (Wildman–Crippen LogP) is 10.2. The fourth-order valence-corrected chi connectivity index (χ4v) is 7.04. The van der Waals surface area contributed by atoms with Gasteiger partial charge in [0.05, 0.1) is 25.4 Å². The number of aliphatic hydroxyl groups is 5. The predicted molar refractivity (Wildman–Crippen MR) is 244 cm³/mol. The average molecular weight is 830 g/mol. The number of rotatable bonds is 38. The highest BCUT2D eigenvalue weighted by molar-refractivity contribution is 5.76. The molecule has 0 saturated carbocycles. The Morgan fingerprint density at radius 3 is 1.56 bits per heavy atom. The fourth-order valence-electron chi connectivity index (χ4n) is 7.04. The molecule has 1 amide bonds. The summed E-state index contributed by atoms with van der Waals surface area (Å²) in [5.74, 6) is -0.164. The van der Waals surface area contributed by atoms with E-state index in [9.17, 15) is 30.3 Å². The molecule has 0 aromatic rings. The summed E-state index contributed by atoms with van der Waals surface area (Å²) in [5.41, 5.74) is 0. The first-order chi connectivity index (χ1) is 28.8. The molecule has 1 saturated heterocycles. The lowest BCUT2D eigenvalue weighted by Gasteiger charge is -2.40. The molecule has 59 heavy (non-hydrogen) atoms. The first-order valence-corrected chi connectivity index (χ1v) is 23.6. The van der Waals surface area contributed by atoms with Gasteiger partial charge in [0.15, 0.2) is 6.29 Å². The van der Waals surface area contributed by atoms with Gasteiger partial charge in [0, 0.05) is 6.42 Å². The fraction of sp³-hybridized carbons (Fsp3) is 0.740. The molecule has 0 radical (unpaired) electrons. The second-order valence-electron chi connectivity index (χ2n) is 16.2. The van der Waals surface area contributed by atoms with Gasteiger partial charge in [-0.15, -0.1) is 0 Å². The molecule has 9 nitrogen and oxygen atoms in total. The van der Waals surface area contributed by atoms with E-state index in [0.29, 0.717) is 12.8 Å². The van der Waals surface area contributed by atoms with Crippen molar-refractivity contribution in [1.29, 1.82) is 0 Å². The second-order valence-corrected chi connectivity index (χ2v) is 16.2. The molecule has 340 valence electrons. The molecule has 7 atom stereocenters. The smallest absolute Gasteiger partial charge is 0.220 e. The van der Waals surface area contributed by atoms with Gasteiger partial charge in [-0.2, -0.15) is 0 Å². The molecule has 7 unspecified atom stereocenters. The quantitative estimate of drug-likeness (QED) is 0.0266. The number of nitrogens with one attached hydrogen (secondary N) is 1. The Balaban J connectivity index is 2.28. The van der Waals surface area contributed by atoms with Gasteiger partial charge in [-0.1, -0.05) is 183 Å². The van der Waals surface area contributed by atoms with Crippen LogP contribution in [0.2, 0.25) is 0 Å². The zero-order valence-electron chi connectivity index (χ0n) is 37.2. The van der Waals surface area contributed by atoms with Gasteiger partial charge in [0.25, 0.3) is 0 Å². The number of aliphatic hydroxyl groups excluding tert-OH is 5. The molecule has 1 heterocycles. The van der Waals surface area contributed by atoms with Crippen LogP contribution in [0.3, 0.4) is 0 Å². The Morgan fingerprint density at radius 1 is 0.593 bits per heavy atom. The SMILES string of the molecule is CC/C=C\C/C=C\C/C=C\C/C=C\C/C=C\C/C=C\CCCCCCCCC(=O)NC(COC1OC(CO)C(O)C(O)C1O)C(O)CCCCCCCCCCCCC. The number of unbranched alkanes of at least 4 members (excludes halogenated alkanes) is 16. The molecule has 6 N–H and O–H groups in total. The van der Waals surface area contributed by atoms with Crippen molar-refractivity contribution in [2.45, 2.75) is 224 Å². The number of allylic oxidation sites excluding steroid dienone is 12. The van der Waals surface area contributed by atoms with E-state index in [1.54, 1.807) is 0 Å². The summed E-state index contributed by atoms with van der Waals surface area (Å²) in [5, 5.41) is 54.3. The van der Waals surface area contributed by atoms with Gasteiger partial charge in [-0.25, -0.2) is 0 Å². The normalized spacial score (nSPS) is 21.4. The number of carbonyl (C=O) groups excluding carboxylic acids is 1. The van der Waals surface area contributed by atoms with Gasteiger partial charge < -0.3 is 40.3 Å². The lowest BCUT2D eigenvalue weighted by Crippen LogP contribution is -2.60. The van der Waals surface area contributed by atoms with E-state index in [4.69, 9.17) is 9.47 Å². The van der Waals surface area contributed by atoms with Crippen LogP contribution in [-0.4, -0.2) is 87.5 Å². The average Bonchev–Trinajstić information content (AvgIpc) is 3.23. The van der Waals surface area contributed by atoms with E-state index >= 15 is 0 Å². The van der Waals surface area contributed by atoms with Gasteiger partial charge in [0.2, 0.25) is 5.91 Å². The van der Waals surface area contributed by atoms with Crippen LogP contribution in [0.15, 0.2) is 72.9 Å². The molecule has 0 aromatic carbocycles. The third kappa shape index (κ3) is 30.3. The Morgan fingerprint density at radius 2 is 1.05 bits per heavy atom. The maximum absolute atomic E-state index is 13.0. The summed E-state index contributed by atoms with van der Waals surface area (Å²) in [6, 6.07) is -0.730. The first kappa shape index (κ1) is 54.6. The Kier molecular flexibility index (Phi) is 36.8. The van der Waals surface area contributed by atoms with E-state index in [1.807, 2.05) is 0 Å². The van der Waals surface area contributed by atoms with Gasteiger partial charge in [-0.05, 0) is 64.2 Å². The van der Waals surface area contributed by atoms with Crippen molar-refractivity contribution in [3.63, 3.8) is 0 Å². The number of hydrogen-bond acceptors (Lipinski definition) is 8. The van der Waals surface area contributed by atoms with Crippen LogP contribution >= 0.6 is 0 Å². The number of ether oxygens (including phenoxy) is 2. The first-order valence-electron chi connectivity index (χ1n) is 23.6. The van der Waals surface area contributed by atoms with E-state index in [1.165, 1.54) is 57.8 Å². The molecular weight excluding hydrogens is 743 g/mol. The van der Waals surface area contributed by atoms with Gasteiger partial charge >= 0.3 is 0 Å². The monoisotopic (exact) mass is 830 g/mol. The number of hydrogen-bond donors (Lipinski definition) is 6. The van der Waals surface area contributed by atoms with Crippen LogP contribution in [0.1, 0.15) is 181 Å². The summed E-state index contributed by atoms with van der Waals surface area (Å²) in [6.45, 7) is 3.68. The van der Waals surface area contributed by atoms with E-state index in [0.717, 1.165) is 96.3 Å². The Labute approximate surface area is 359 Å². The van der Waals surface area contributed by atoms with Crippen LogP contribution in [0.5, 0.6) is 0 Å². The van der Waals surface area contributed by atoms with E-state index in [-0.39, 0.29) is 12.5 Å². The molecule has 0 bridgehead atoms. The summed E-state index contributed by atoms with van der Waals surface area (Å²) < 4.78 is 11.2. The molecule has 0 spiro atoms. The maximum atomic E-state index is 13.0. The van der Waals surface area contributed by atoms with Crippen LogP contribution in [0.25, 0.3) is 0 Å². The maximum Gasteiger partial charge on any atom is 0.220 e. The molecule has 1 rings (SSSR count). The Bertz CT molecular complexity index is 1150. The zero-order chi connectivity index (χ0) is 43.0. The second kappa shape index (κ2) is 39.7. The molecule has 0 aromatic heterocycles. The molecule has 1 aliphatic heterocycles. The molecular formula is C50H87NO8. The minimum atomic E-state index is -1.56. The molecule has 0 aliphatic carbocycles. The van der Waals surface area contributed by atoms with Crippen molar-refractivity contribution in [2.75, 3.05) is 13.2 Å². The summed E-state index contributed by atoms with van der Waals surface area (Å²) >= 11 is 0. The van der Waals surface area contributed by atoms with Gasteiger partial charge in [-0.3, -0.25) is 4.79 Å². The van der Waals surface area contributed by atoms with Crippen molar-refractivity contribution in [1.82, 2.24) is 5.32 Å². The minimum absolute atomic E-state index is 0.148. The highest BCUT2D eigenvalue weighted by atomic mass is 16.7. The van der Waals surface area contributed by atoms with Crippen LogP contribution in [0.4, 0.5) is 0 Å². The molecule has 1 aliphatic rings. The van der Waals surface area contributed by atoms with Crippen molar-refractivity contribution in [2.24, 2.45) is 0 Å². The zero-order valence-corrected chi connectivity index (χ0v) is 37.2. The lowest BCUT2D eigenvalue weighted by atomic mass is 9.99. The summed E-state index contributed by atoms with van der Waals surface area (Å²) in [4.78, 5) is 13.0. The van der Waals surface area contributed by atoms with Crippen molar-refractivity contribution in [3.8, 4) is 0 Å². The van der Waals surface area contributed by atoms with Crippen LogP contribution in [0, 0.1) is 0 Å². The third-order valence-electron chi connectivity index (χ3n) is 10.8. The number of carbonyl (C=O) groups is 1. The largest absolute Gasteiger partial charge is 0.394 e. The Hall–Kier alpha value is -2.37. The summed E-state index contributed by atoms with van der Waals surface area (Å²) in [7, 11) is 0. The highest BCUT2D eigenvalue weighted by Crippen LogP contribution is 2.23. The van der Waals surface area contributed by atoms with Crippen molar-refractivity contribution in [3.05, 3.63) is 72.9 Å². The minimum Gasteiger partial charge on any atom is -0.394 e. The molecule has 1 fully saturated rings. The van der Waals surface area contributed by atoms with Crippen molar-refractivity contribution < 1.29 is 39.8 Å². The van der Waals surface area contributed by atoms with E-state index in [2.05, 4.69) is 92.1 Å². The standard InChI is InChI=1S/C50H87NO8/c1-3-5-7-9-11-13-15-16-17-18-19-20-21-22-23-24-25-26-27-28-30-32-34-36-38-40-46(54)51-43(42-58-50-49(57)48(56)47(55)45(41-52)59-50)44(53)39-37-35-33-31-29-14-12-10-8-6-4-2/h5,7,11,13,16-17,19-20,22-23,25-26,43-45,47-50,52-53,55-57H,3-4,6,8-10,12,14-15,18,21,24,27-42H2,1-2H3,(H,51,54)/b7-5-,13-11-,17-16-,20-19-,23-22-,26-25-. The third-order valence-corrected chi connectivity index (χ3v) is 10.8. The van der Waals surface area contributed by atoms with Crippen molar-refractivity contribution >= 4 is 5.91 Å². The number of amides is 1. The van der Waals surface area contributed by atoms with Gasteiger partial charge in [0.1, 0.15) is 24.4 Å². The lowest BCUT2D eigenvalue weighted by molar-refractivity contribution is -0.302. The molecule has 9 heteroatoms. The van der Waals surface area contributed by atoms with Crippen LogP contribution in [-0.2, 0) is 14.3 Å². The topological polar surface area (TPSA) is 149 Å². The van der Waals surface area contributed by atoms with E-state index < -0.39 is 49.5 Å².